The van der Waals surface area contributed by atoms with Gasteiger partial charge in [0, 0.05) is 12.4 Å². The van der Waals surface area contributed by atoms with E-state index < -0.39 is 28.4 Å². The van der Waals surface area contributed by atoms with Crippen LogP contribution in [-0.4, -0.2) is 32.5 Å². The molecule has 6 nitrogen and oxygen atoms in total. The first-order valence-corrected chi connectivity index (χ1v) is 8.23. The number of hydrogen-bond donors (Lipinski definition) is 0. The first-order valence-electron chi connectivity index (χ1n) is 6.79. The Morgan fingerprint density at radius 1 is 1.26 bits per heavy atom. The van der Waals surface area contributed by atoms with E-state index in [0.717, 1.165) is 12.3 Å². The first-order chi connectivity index (χ1) is 11.0. The average Bonchev–Trinajstić information content (AvgIpc) is 2.54. The van der Waals surface area contributed by atoms with E-state index in [9.17, 15) is 17.6 Å². The number of sulfonamides is 1. The molecule has 0 atom stereocenters. The fraction of sp³-hybridized carbons (Fsp3) is 0.200. The fourth-order valence-electron chi connectivity index (χ4n) is 1.90. The highest BCUT2D eigenvalue weighted by molar-refractivity contribution is 7.92. The second kappa shape index (κ2) is 7.19. The van der Waals surface area contributed by atoms with Crippen LogP contribution in [-0.2, 0) is 19.6 Å². The lowest BCUT2D eigenvalue weighted by Crippen LogP contribution is -2.37. The SMILES string of the molecule is CCOC(=O)CN(c1ccccc1F)S(=O)(=O)c1cccnc1. The smallest absolute Gasteiger partial charge is 0.326 e. The lowest BCUT2D eigenvalue weighted by molar-refractivity contribution is -0.141. The van der Waals surface area contributed by atoms with Crippen LogP contribution in [0.1, 0.15) is 6.92 Å². The summed E-state index contributed by atoms with van der Waals surface area (Å²) in [5, 5.41) is 0. The zero-order valence-electron chi connectivity index (χ0n) is 12.3. The van der Waals surface area contributed by atoms with Crippen LogP contribution in [0.4, 0.5) is 10.1 Å². The molecule has 8 heteroatoms. The summed E-state index contributed by atoms with van der Waals surface area (Å²) in [6.07, 6.45) is 2.55. The highest BCUT2D eigenvalue weighted by Crippen LogP contribution is 2.25. The molecule has 1 heterocycles. The molecule has 0 aliphatic heterocycles. The van der Waals surface area contributed by atoms with Gasteiger partial charge in [0.1, 0.15) is 17.3 Å². The molecular formula is C15H15FN2O4S. The van der Waals surface area contributed by atoms with E-state index in [1.54, 1.807) is 6.92 Å². The molecule has 0 saturated carbocycles. The van der Waals surface area contributed by atoms with Crippen molar-refractivity contribution in [1.29, 1.82) is 0 Å². The Kier molecular flexibility index (Phi) is 5.28. The highest BCUT2D eigenvalue weighted by Gasteiger charge is 2.29. The van der Waals surface area contributed by atoms with E-state index in [-0.39, 0.29) is 17.2 Å². The minimum atomic E-state index is -4.16. The van der Waals surface area contributed by atoms with E-state index in [1.165, 1.54) is 36.5 Å². The van der Waals surface area contributed by atoms with Gasteiger partial charge in [0.25, 0.3) is 10.0 Å². The number of carbonyl (C=O) groups excluding carboxylic acids is 1. The van der Waals surface area contributed by atoms with E-state index >= 15 is 0 Å². The Balaban J connectivity index is 2.50. The minimum absolute atomic E-state index is 0.0941. The van der Waals surface area contributed by atoms with Gasteiger partial charge in [0.2, 0.25) is 0 Å². The van der Waals surface area contributed by atoms with Gasteiger partial charge in [-0.15, -0.1) is 0 Å². The summed E-state index contributed by atoms with van der Waals surface area (Å²) in [5.74, 6) is -1.53. The van der Waals surface area contributed by atoms with Gasteiger partial charge in [-0.05, 0) is 31.2 Å². The van der Waals surface area contributed by atoms with Crippen LogP contribution in [0.15, 0.2) is 53.7 Å². The van der Waals surface area contributed by atoms with Crippen LogP contribution in [0, 0.1) is 5.82 Å². The quantitative estimate of drug-likeness (QED) is 0.753. The van der Waals surface area contributed by atoms with Crippen LogP contribution in [0.25, 0.3) is 0 Å². The molecule has 0 fully saturated rings. The first kappa shape index (κ1) is 16.9. The second-order valence-corrected chi connectivity index (χ2v) is 6.32. The van der Waals surface area contributed by atoms with E-state index in [2.05, 4.69) is 4.98 Å². The monoisotopic (exact) mass is 338 g/mol. The summed E-state index contributed by atoms with van der Waals surface area (Å²) in [7, 11) is -4.16. The summed E-state index contributed by atoms with van der Waals surface area (Å²) in [5.41, 5.74) is -0.232. The Hall–Kier alpha value is -2.48. The Bertz CT molecular complexity index is 781. The van der Waals surface area contributed by atoms with Gasteiger partial charge in [-0.25, -0.2) is 12.8 Å². The Morgan fingerprint density at radius 3 is 2.61 bits per heavy atom. The normalized spacial score (nSPS) is 11.0. The molecular weight excluding hydrogens is 323 g/mol. The van der Waals surface area contributed by atoms with Crippen LogP contribution < -0.4 is 4.31 Å². The summed E-state index contributed by atoms with van der Waals surface area (Å²) in [6.45, 7) is 1.06. The molecule has 23 heavy (non-hydrogen) atoms. The third-order valence-corrected chi connectivity index (χ3v) is 4.66. The van der Waals surface area contributed by atoms with Gasteiger partial charge in [0.15, 0.2) is 0 Å². The van der Waals surface area contributed by atoms with Gasteiger partial charge in [0.05, 0.1) is 12.3 Å². The van der Waals surface area contributed by atoms with Crippen LogP contribution in [0.2, 0.25) is 0 Å². The predicted molar refractivity (Wildman–Crippen MR) is 81.8 cm³/mol. The lowest BCUT2D eigenvalue weighted by atomic mass is 10.3. The molecule has 2 aromatic rings. The summed E-state index contributed by atoms with van der Waals surface area (Å²) in [6, 6.07) is 8.07. The molecule has 0 saturated heterocycles. The van der Waals surface area contributed by atoms with Gasteiger partial charge < -0.3 is 4.74 Å². The molecule has 0 amide bonds. The number of rotatable bonds is 6. The molecule has 0 spiro atoms. The number of anilines is 1. The summed E-state index contributed by atoms with van der Waals surface area (Å²) < 4.78 is 45.0. The third-order valence-electron chi connectivity index (χ3n) is 2.92. The number of para-hydroxylation sites is 1. The van der Waals surface area contributed by atoms with Crippen molar-refractivity contribution < 1.29 is 22.3 Å². The molecule has 122 valence electrons. The third kappa shape index (κ3) is 3.84. The van der Waals surface area contributed by atoms with Crippen molar-refractivity contribution in [3.8, 4) is 0 Å². The highest BCUT2D eigenvalue weighted by atomic mass is 32.2. The van der Waals surface area contributed by atoms with E-state index in [4.69, 9.17) is 4.74 Å². The molecule has 0 aliphatic carbocycles. The van der Waals surface area contributed by atoms with Crippen molar-refractivity contribution in [3.63, 3.8) is 0 Å². The zero-order chi connectivity index (χ0) is 16.9. The van der Waals surface area contributed by atoms with E-state index in [1.807, 2.05) is 0 Å². The van der Waals surface area contributed by atoms with Crippen LogP contribution >= 0.6 is 0 Å². The van der Waals surface area contributed by atoms with Gasteiger partial charge >= 0.3 is 5.97 Å². The van der Waals surface area contributed by atoms with Crippen molar-refractivity contribution in [3.05, 3.63) is 54.6 Å². The number of aromatic nitrogens is 1. The summed E-state index contributed by atoms with van der Waals surface area (Å²) in [4.78, 5) is 15.4. The van der Waals surface area contributed by atoms with Gasteiger partial charge in [-0.1, -0.05) is 12.1 Å². The number of esters is 1. The molecule has 1 aromatic heterocycles. The summed E-state index contributed by atoms with van der Waals surface area (Å²) >= 11 is 0. The topological polar surface area (TPSA) is 76.6 Å². The maximum absolute atomic E-state index is 14.0. The van der Waals surface area contributed by atoms with Crippen molar-refractivity contribution >= 4 is 21.7 Å². The fourth-order valence-corrected chi connectivity index (χ4v) is 3.29. The molecule has 0 radical (unpaired) electrons. The van der Waals surface area contributed by atoms with Gasteiger partial charge in [-0.3, -0.25) is 14.1 Å². The van der Waals surface area contributed by atoms with Crippen molar-refractivity contribution in [2.75, 3.05) is 17.5 Å². The molecule has 0 bridgehead atoms. The Labute approximate surface area is 133 Å². The van der Waals surface area contributed by atoms with E-state index in [0.29, 0.717) is 4.31 Å². The minimum Gasteiger partial charge on any atom is -0.465 e. The average molecular weight is 338 g/mol. The number of benzene rings is 1. The number of carbonyl (C=O) groups is 1. The van der Waals surface area contributed by atoms with Crippen molar-refractivity contribution in [2.45, 2.75) is 11.8 Å². The predicted octanol–water partition coefficient (Wildman–Crippen LogP) is 1.98. The standard InChI is InChI=1S/C15H15FN2O4S/c1-2-22-15(19)11-18(14-8-4-3-7-13(14)16)23(20,21)12-6-5-9-17-10-12/h3-10H,2,11H2,1H3. The molecule has 0 unspecified atom stereocenters. The number of pyridine rings is 1. The van der Waals surface area contributed by atoms with Gasteiger partial charge in [-0.2, -0.15) is 0 Å². The van der Waals surface area contributed by atoms with Crippen LogP contribution in [0.3, 0.4) is 0 Å². The zero-order valence-corrected chi connectivity index (χ0v) is 13.2. The molecule has 1 aromatic carbocycles. The molecule has 2 rings (SSSR count). The van der Waals surface area contributed by atoms with Crippen molar-refractivity contribution in [2.24, 2.45) is 0 Å². The number of hydrogen-bond acceptors (Lipinski definition) is 5. The maximum atomic E-state index is 14.0. The van der Waals surface area contributed by atoms with Crippen LogP contribution in [0.5, 0.6) is 0 Å². The second-order valence-electron chi connectivity index (χ2n) is 4.46. The largest absolute Gasteiger partial charge is 0.465 e. The number of halogens is 1. The maximum Gasteiger partial charge on any atom is 0.326 e. The molecule has 0 aliphatic rings. The van der Waals surface area contributed by atoms with Crippen molar-refractivity contribution in [1.82, 2.24) is 4.98 Å². The number of nitrogens with zero attached hydrogens (tertiary/aromatic N) is 2. The lowest BCUT2D eigenvalue weighted by Gasteiger charge is -2.23. The molecule has 0 N–H and O–H groups in total. The Morgan fingerprint density at radius 2 is 2.00 bits per heavy atom. The number of ether oxygens (including phenoxy) is 1.